The summed E-state index contributed by atoms with van der Waals surface area (Å²) >= 11 is 0. The number of carbonyl (C=O) groups excluding carboxylic acids is 1. The standard InChI is InChI=1S/C22H29N3O3/c1-24-19-5-3-2-4-18(19)20(23-24)21(26)25-11-9-22(10-12-25)14-17(8-13-28-22)27-15-16-6-7-16/h2-5,16-17H,6-15H2,1H3. The highest BCUT2D eigenvalue weighted by Crippen LogP contribution is 2.38. The van der Waals surface area contributed by atoms with E-state index in [0.717, 1.165) is 68.8 Å². The lowest BCUT2D eigenvalue weighted by molar-refractivity contribution is -0.153. The van der Waals surface area contributed by atoms with Gasteiger partial charge in [0.2, 0.25) is 0 Å². The zero-order valence-corrected chi connectivity index (χ0v) is 16.6. The fourth-order valence-corrected chi connectivity index (χ4v) is 4.67. The number of fused-ring (bicyclic) bond motifs is 1. The van der Waals surface area contributed by atoms with Gasteiger partial charge < -0.3 is 14.4 Å². The minimum Gasteiger partial charge on any atom is -0.378 e. The number of benzene rings is 1. The maximum Gasteiger partial charge on any atom is 0.275 e. The molecule has 0 N–H and O–H groups in total. The molecule has 1 saturated carbocycles. The molecule has 3 aliphatic rings. The Labute approximate surface area is 165 Å². The number of nitrogens with zero attached hydrogens (tertiary/aromatic N) is 3. The van der Waals surface area contributed by atoms with E-state index in [0.29, 0.717) is 11.8 Å². The summed E-state index contributed by atoms with van der Waals surface area (Å²) in [6.07, 6.45) is 6.70. The average Bonchev–Trinajstić information content (AvgIpc) is 3.49. The van der Waals surface area contributed by atoms with E-state index in [1.165, 1.54) is 12.8 Å². The van der Waals surface area contributed by atoms with Gasteiger partial charge in [-0.1, -0.05) is 18.2 Å². The Kier molecular flexibility index (Phi) is 4.63. The lowest BCUT2D eigenvalue weighted by Gasteiger charge is -2.46. The van der Waals surface area contributed by atoms with Gasteiger partial charge in [-0.05, 0) is 44.1 Å². The Balaban J connectivity index is 1.24. The molecule has 6 nitrogen and oxygen atoms in total. The molecule has 1 unspecified atom stereocenters. The smallest absolute Gasteiger partial charge is 0.275 e. The Morgan fingerprint density at radius 1 is 1.25 bits per heavy atom. The molecule has 6 heteroatoms. The van der Waals surface area contributed by atoms with Crippen molar-refractivity contribution in [1.29, 1.82) is 0 Å². The molecule has 2 aliphatic heterocycles. The molecule has 0 bridgehead atoms. The van der Waals surface area contributed by atoms with Crippen molar-refractivity contribution >= 4 is 16.8 Å². The van der Waals surface area contributed by atoms with Gasteiger partial charge in [0, 0.05) is 45.2 Å². The molecule has 2 saturated heterocycles. The molecule has 1 amide bonds. The molecule has 0 radical (unpaired) electrons. The Morgan fingerprint density at radius 2 is 2.04 bits per heavy atom. The highest BCUT2D eigenvalue weighted by molar-refractivity contribution is 6.04. The molecular weight excluding hydrogens is 354 g/mol. The van der Waals surface area contributed by atoms with Gasteiger partial charge in [0.1, 0.15) is 0 Å². The largest absolute Gasteiger partial charge is 0.378 e. The third-order valence-corrected chi connectivity index (χ3v) is 6.63. The lowest BCUT2D eigenvalue weighted by atomic mass is 9.83. The van der Waals surface area contributed by atoms with E-state index in [-0.39, 0.29) is 11.5 Å². The maximum absolute atomic E-state index is 13.1. The van der Waals surface area contributed by atoms with Crippen LogP contribution in [0.2, 0.25) is 0 Å². The number of aryl methyl sites for hydroxylation is 1. The van der Waals surface area contributed by atoms with Crippen LogP contribution in [0.4, 0.5) is 0 Å². The van der Waals surface area contributed by atoms with Gasteiger partial charge in [0.15, 0.2) is 5.69 Å². The minimum absolute atomic E-state index is 0.0315. The molecule has 150 valence electrons. The van der Waals surface area contributed by atoms with Crippen molar-refractivity contribution in [2.75, 3.05) is 26.3 Å². The summed E-state index contributed by atoms with van der Waals surface area (Å²) in [6.45, 7) is 3.13. The van der Waals surface area contributed by atoms with Gasteiger partial charge in [-0.15, -0.1) is 0 Å². The number of piperidine rings is 1. The van der Waals surface area contributed by atoms with E-state index >= 15 is 0 Å². The number of hydrogen-bond acceptors (Lipinski definition) is 4. The summed E-state index contributed by atoms with van der Waals surface area (Å²) < 4.78 is 14.2. The molecule has 1 aromatic heterocycles. The van der Waals surface area contributed by atoms with Crippen LogP contribution in [-0.2, 0) is 16.5 Å². The van der Waals surface area contributed by atoms with E-state index in [9.17, 15) is 4.79 Å². The maximum atomic E-state index is 13.1. The van der Waals surface area contributed by atoms with Crippen LogP contribution in [0.15, 0.2) is 24.3 Å². The Morgan fingerprint density at radius 3 is 2.82 bits per heavy atom. The van der Waals surface area contributed by atoms with Crippen LogP contribution in [0.1, 0.15) is 49.0 Å². The topological polar surface area (TPSA) is 56.6 Å². The second kappa shape index (κ2) is 7.16. The van der Waals surface area contributed by atoms with Crippen LogP contribution >= 0.6 is 0 Å². The number of amides is 1. The summed E-state index contributed by atoms with van der Waals surface area (Å²) in [5.74, 6) is 0.829. The number of ether oxygens (including phenoxy) is 2. The van der Waals surface area contributed by atoms with Crippen molar-refractivity contribution in [2.45, 2.75) is 50.2 Å². The number of para-hydroxylation sites is 1. The first-order valence-corrected chi connectivity index (χ1v) is 10.6. The van der Waals surface area contributed by atoms with Gasteiger partial charge in [0.05, 0.1) is 17.2 Å². The molecule has 3 heterocycles. The summed E-state index contributed by atoms with van der Waals surface area (Å²) in [7, 11) is 1.89. The fourth-order valence-electron chi connectivity index (χ4n) is 4.67. The quantitative estimate of drug-likeness (QED) is 0.814. The summed E-state index contributed by atoms with van der Waals surface area (Å²) in [4.78, 5) is 15.1. The molecule has 28 heavy (non-hydrogen) atoms. The van der Waals surface area contributed by atoms with Crippen molar-refractivity contribution in [3.63, 3.8) is 0 Å². The van der Waals surface area contributed by atoms with Crippen LogP contribution in [0.25, 0.3) is 10.9 Å². The monoisotopic (exact) mass is 383 g/mol. The van der Waals surface area contributed by atoms with E-state index in [4.69, 9.17) is 9.47 Å². The van der Waals surface area contributed by atoms with Crippen molar-refractivity contribution < 1.29 is 14.3 Å². The SMILES string of the molecule is Cn1nc(C(=O)N2CCC3(CC2)CC(OCC2CC2)CCO3)c2ccccc21. The van der Waals surface area contributed by atoms with Crippen LogP contribution in [-0.4, -0.2) is 58.6 Å². The average molecular weight is 383 g/mol. The van der Waals surface area contributed by atoms with E-state index in [1.54, 1.807) is 4.68 Å². The summed E-state index contributed by atoms with van der Waals surface area (Å²) in [5.41, 5.74) is 1.44. The predicted octanol–water partition coefficient (Wildman–Crippen LogP) is 3.15. The van der Waals surface area contributed by atoms with Crippen molar-refractivity contribution in [3.8, 4) is 0 Å². The highest BCUT2D eigenvalue weighted by atomic mass is 16.5. The normalized spacial score (nSPS) is 24.8. The summed E-state index contributed by atoms with van der Waals surface area (Å²) in [5, 5.41) is 5.43. The number of aromatic nitrogens is 2. The zero-order chi connectivity index (χ0) is 19.1. The number of likely N-dealkylation sites (tertiary alicyclic amines) is 1. The van der Waals surface area contributed by atoms with Crippen LogP contribution in [0, 0.1) is 5.92 Å². The first-order chi connectivity index (χ1) is 13.6. The lowest BCUT2D eigenvalue weighted by Crippen LogP contribution is -2.52. The van der Waals surface area contributed by atoms with Gasteiger partial charge in [-0.3, -0.25) is 9.48 Å². The predicted molar refractivity (Wildman–Crippen MR) is 106 cm³/mol. The third kappa shape index (κ3) is 3.44. The van der Waals surface area contributed by atoms with Crippen molar-refractivity contribution in [3.05, 3.63) is 30.0 Å². The minimum atomic E-state index is -0.116. The van der Waals surface area contributed by atoms with Crippen LogP contribution < -0.4 is 0 Å². The number of carbonyl (C=O) groups is 1. The van der Waals surface area contributed by atoms with E-state index in [1.807, 2.05) is 36.2 Å². The fraction of sp³-hybridized carbons (Fsp3) is 0.636. The molecular formula is C22H29N3O3. The first-order valence-electron chi connectivity index (χ1n) is 10.6. The van der Waals surface area contributed by atoms with Gasteiger partial charge in [-0.25, -0.2) is 0 Å². The van der Waals surface area contributed by atoms with Gasteiger partial charge in [0.25, 0.3) is 5.91 Å². The van der Waals surface area contributed by atoms with Crippen LogP contribution in [0.3, 0.4) is 0 Å². The Bertz CT molecular complexity index is 865. The molecule has 5 rings (SSSR count). The summed E-state index contributed by atoms with van der Waals surface area (Å²) in [6, 6.07) is 7.92. The molecule has 2 aromatic rings. The van der Waals surface area contributed by atoms with Gasteiger partial charge >= 0.3 is 0 Å². The second-order valence-electron chi connectivity index (χ2n) is 8.70. The van der Waals surface area contributed by atoms with Gasteiger partial charge in [-0.2, -0.15) is 5.10 Å². The molecule has 1 aliphatic carbocycles. The highest BCUT2D eigenvalue weighted by Gasteiger charge is 2.42. The first kappa shape index (κ1) is 18.1. The number of rotatable bonds is 4. The molecule has 1 aromatic carbocycles. The zero-order valence-electron chi connectivity index (χ0n) is 16.6. The van der Waals surface area contributed by atoms with Crippen LogP contribution in [0.5, 0.6) is 0 Å². The van der Waals surface area contributed by atoms with E-state index < -0.39 is 0 Å². The van der Waals surface area contributed by atoms with Crippen molar-refractivity contribution in [1.82, 2.24) is 14.7 Å². The second-order valence-corrected chi connectivity index (χ2v) is 8.70. The van der Waals surface area contributed by atoms with E-state index in [2.05, 4.69) is 5.10 Å². The number of hydrogen-bond donors (Lipinski definition) is 0. The molecule has 3 fully saturated rings. The van der Waals surface area contributed by atoms with Crippen molar-refractivity contribution in [2.24, 2.45) is 13.0 Å². The molecule has 1 atom stereocenters. The Hall–Kier alpha value is -1.92. The molecule has 1 spiro atoms. The third-order valence-electron chi connectivity index (χ3n) is 6.63.